The molecule has 0 unspecified atom stereocenters. The quantitative estimate of drug-likeness (QED) is 0.619. The summed E-state index contributed by atoms with van der Waals surface area (Å²) in [5.74, 6) is 2.24. The molecule has 0 spiro atoms. The van der Waals surface area contributed by atoms with Gasteiger partial charge in [0.1, 0.15) is 0 Å². The van der Waals surface area contributed by atoms with Gasteiger partial charge in [0, 0.05) is 0 Å². The first-order valence-corrected chi connectivity index (χ1v) is 10.3. The van der Waals surface area contributed by atoms with Crippen LogP contribution in [0.15, 0.2) is 36.4 Å². The molecule has 3 aliphatic rings. The lowest BCUT2D eigenvalue weighted by Gasteiger charge is -2.44. The second kappa shape index (κ2) is 6.42. The normalized spacial score (nSPS) is 30.4. The third-order valence-electron chi connectivity index (χ3n) is 6.84. The lowest BCUT2D eigenvalue weighted by atomic mass is 9.68. The number of hydrogen-bond acceptors (Lipinski definition) is 3. The summed E-state index contributed by atoms with van der Waals surface area (Å²) in [6.45, 7) is 0. The van der Waals surface area contributed by atoms with E-state index in [1.54, 1.807) is 0 Å². The van der Waals surface area contributed by atoms with Gasteiger partial charge in [-0.2, -0.15) is 0 Å². The van der Waals surface area contributed by atoms with Crippen LogP contribution in [0.3, 0.4) is 0 Å². The summed E-state index contributed by atoms with van der Waals surface area (Å²) in [5.41, 5.74) is 4.07. The third kappa shape index (κ3) is 2.59. The molecule has 1 N–H and O–H groups in total. The fourth-order valence-electron chi connectivity index (χ4n) is 5.77. The van der Waals surface area contributed by atoms with Crippen LogP contribution in [0.2, 0.25) is 10.0 Å². The second-order valence-corrected chi connectivity index (χ2v) is 8.78. The molecule has 0 saturated heterocycles. The number of benzene rings is 2. The molecule has 0 radical (unpaired) electrons. The average molecular weight is 402 g/mol. The molecule has 5 rings (SSSR count). The minimum absolute atomic E-state index is 0.181. The van der Waals surface area contributed by atoms with E-state index in [9.17, 15) is 4.79 Å². The lowest BCUT2D eigenvalue weighted by molar-refractivity contribution is 0.0600. The Bertz CT molecular complexity index is 911. The summed E-state index contributed by atoms with van der Waals surface area (Å²) < 4.78 is 4.82. The maximum absolute atomic E-state index is 11.8. The Morgan fingerprint density at radius 3 is 2.56 bits per heavy atom. The number of carbonyl (C=O) groups excluding carboxylic acids is 1. The minimum atomic E-state index is -0.309. The SMILES string of the molecule is COC(=O)c1ccc([C@@H]2Nc3c(ccc(Cl)c3Cl)[C@@H]3[C@H]4CC[C@@H](C4)[C@@H]32)cc1. The number of esters is 1. The predicted molar refractivity (Wildman–Crippen MR) is 108 cm³/mol. The van der Waals surface area contributed by atoms with E-state index in [0.717, 1.165) is 17.5 Å². The van der Waals surface area contributed by atoms with Crippen molar-refractivity contribution in [2.75, 3.05) is 12.4 Å². The molecular formula is C22H21Cl2NO2. The Hall–Kier alpha value is -1.71. The molecule has 0 aromatic heterocycles. The summed E-state index contributed by atoms with van der Waals surface area (Å²) >= 11 is 12.9. The van der Waals surface area contributed by atoms with Crippen molar-refractivity contribution in [3.8, 4) is 0 Å². The van der Waals surface area contributed by atoms with E-state index in [1.807, 2.05) is 30.3 Å². The minimum Gasteiger partial charge on any atom is -0.465 e. The van der Waals surface area contributed by atoms with Gasteiger partial charge in [-0.05, 0) is 72.3 Å². The van der Waals surface area contributed by atoms with E-state index < -0.39 is 0 Å². The zero-order chi connectivity index (χ0) is 18.7. The Balaban J connectivity index is 1.58. The van der Waals surface area contributed by atoms with Crippen LogP contribution in [-0.2, 0) is 4.74 Å². The summed E-state index contributed by atoms with van der Waals surface area (Å²) in [7, 11) is 1.40. The molecule has 5 heteroatoms. The molecule has 2 aromatic rings. The van der Waals surface area contributed by atoms with Gasteiger partial charge in [-0.1, -0.05) is 41.4 Å². The maximum Gasteiger partial charge on any atom is 0.337 e. The highest BCUT2D eigenvalue weighted by molar-refractivity contribution is 6.43. The number of ether oxygens (including phenoxy) is 1. The van der Waals surface area contributed by atoms with Crippen molar-refractivity contribution in [2.45, 2.75) is 31.2 Å². The molecule has 1 heterocycles. The Labute approximate surface area is 169 Å². The van der Waals surface area contributed by atoms with Gasteiger partial charge in [-0.25, -0.2) is 4.79 Å². The first kappa shape index (κ1) is 17.4. The van der Waals surface area contributed by atoms with Crippen LogP contribution in [0.1, 0.15) is 52.7 Å². The lowest BCUT2D eigenvalue weighted by Crippen LogP contribution is -2.35. The van der Waals surface area contributed by atoms with Gasteiger partial charge in [0.25, 0.3) is 0 Å². The zero-order valence-electron chi connectivity index (χ0n) is 15.0. The van der Waals surface area contributed by atoms with E-state index >= 15 is 0 Å². The van der Waals surface area contributed by atoms with Crippen molar-refractivity contribution in [3.63, 3.8) is 0 Å². The number of halogens is 2. The molecule has 1 aliphatic heterocycles. The van der Waals surface area contributed by atoms with Crippen LogP contribution >= 0.6 is 23.2 Å². The highest BCUT2D eigenvalue weighted by Crippen LogP contribution is 2.64. The molecule has 2 saturated carbocycles. The monoisotopic (exact) mass is 401 g/mol. The molecule has 2 aliphatic carbocycles. The standard InChI is InChI=1S/C22H21Cl2NO2/c1-27-22(26)12-4-2-11(3-5-12)20-18-14-7-6-13(10-14)17(18)15-8-9-16(23)19(24)21(15)25-20/h2-5,8-9,13-14,17-18,20,25H,6-7,10H2,1H3/t13-,14-,17-,18-,20-/m0/s1. The number of anilines is 1. The van der Waals surface area contributed by atoms with E-state index in [0.29, 0.717) is 27.4 Å². The largest absolute Gasteiger partial charge is 0.465 e. The van der Waals surface area contributed by atoms with Gasteiger partial charge in [0.15, 0.2) is 0 Å². The molecule has 3 nitrogen and oxygen atoms in total. The highest BCUT2D eigenvalue weighted by Gasteiger charge is 2.54. The van der Waals surface area contributed by atoms with Gasteiger partial charge < -0.3 is 10.1 Å². The number of nitrogens with one attached hydrogen (secondary N) is 1. The smallest absolute Gasteiger partial charge is 0.337 e. The van der Waals surface area contributed by atoms with E-state index in [-0.39, 0.29) is 12.0 Å². The van der Waals surface area contributed by atoms with Crippen LogP contribution in [0, 0.1) is 17.8 Å². The van der Waals surface area contributed by atoms with Crippen LogP contribution < -0.4 is 5.32 Å². The maximum atomic E-state index is 11.8. The summed E-state index contributed by atoms with van der Waals surface area (Å²) in [4.78, 5) is 11.8. The number of carbonyl (C=O) groups is 1. The van der Waals surface area contributed by atoms with Crippen LogP contribution in [0.4, 0.5) is 5.69 Å². The van der Waals surface area contributed by atoms with Gasteiger partial charge in [-0.15, -0.1) is 0 Å². The molecule has 2 fully saturated rings. The third-order valence-corrected chi connectivity index (χ3v) is 7.65. The number of hydrogen-bond donors (Lipinski definition) is 1. The summed E-state index contributed by atoms with van der Waals surface area (Å²) in [6.07, 6.45) is 3.91. The van der Waals surface area contributed by atoms with E-state index in [1.165, 1.54) is 37.5 Å². The van der Waals surface area contributed by atoms with Crippen LogP contribution in [0.25, 0.3) is 0 Å². The summed E-state index contributed by atoms with van der Waals surface area (Å²) in [6, 6.07) is 12.0. The summed E-state index contributed by atoms with van der Waals surface area (Å²) in [5, 5.41) is 4.91. The second-order valence-electron chi connectivity index (χ2n) is 8.00. The van der Waals surface area contributed by atoms with Crippen molar-refractivity contribution in [1.82, 2.24) is 0 Å². The molecule has 2 aromatic carbocycles. The molecule has 27 heavy (non-hydrogen) atoms. The van der Waals surface area contributed by atoms with E-state index in [2.05, 4.69) is 11.4 Å². The Kier molecular flexibility index (Phi) is 4.14. The van der Waals surface area contributed by atoms with Crippen molar-refractivity contribution in [2.24, 2.45) is 17.8 Å². The molecule has 2 bridgehead atoms. The molecule has 5 atom stereocenters. The molecular weight excluding hydrogens is 381 g/mol. The Morgan fingerprint density at radius 1 is 1.07 bits per heavy atom. The molecule has 0 amide bonds. The van der Waals surface area contributed by atoms with Gasteiger partial charge in [0.05, 0.1) is 34.4 Å². The first-order valence-electron chi connectivity index (χ1n) is 9.51. The number of fused-ring (bicyclic) bond motifs is 7. The highest BCUT2D eigenvalue weighted by atomic mass is 35.5. The van der Waals surface area contributed by atoms with E-state index in [4.69, 9.17) is 27.9 Å². The van der Waals surface area contributed by atoms with Crippen LogP contribution in [-0.4, -0.2) is 13.1 Å². The number of methoxy groups -OCH3 is 1. The average Bonchev–Trinajstić information content (AvgIpc) is 3.32. The van der Waals surface area contributed by atoms with Crippen LogP contribution in [0.5, 0.6) is 0 Å². The zero-order valence-corrected chi connectivity index (χ0v) is 16.6. The Morgan fingerprint density at radius 2 is 1.81 bits per heavy atom. The van der Waals surface area contributed by atoms with Gasteiger partial charge in [-0.3, -0.25) is 0 Å². The van der Waals surface area contributed by atoms with Crippen molar-refractivity contribution in [1.29, 1.82) is 0 Å². The van der Waals surface area contributed by atoms with Crippen molar-refractivity contribution in [3.05, 3.63) is 63.1 Å². The van der Waals surface area contributed by atoms with Crippen molar-refractivity contribution >= 4 is 34.9 Å². The van der Waals surface area contributed by atoms with Gasteiger partial charge in [0.2, 0.25) is 0 Å². The first-order chi connectivity index (χ1) is 13.1. The number of rotatable bonds is 2. The van der Waals surface area contributed by atoms with Gasteiger partial charge >= 0.3 is 5.97 Å². The fourth-order valence-corrected chi connectivity index (χ4v) is 6.15. The fraction of sp³-hybridized carbons (Fsp3) is 0.409. The molecule has 140 valence electrons. The van der Waals surface area contributed by atoms with Crippen molar-refractivity contribution < 1.29 is 9.53 Å². The topological polar surface area (TPSA) is 38.3 Å². The predicted octanol–water partition coefficient (Wildman–Crippen LogP) is 6.08.